The van der Waals surface area contributed by atoms with Crippen LogP contribution in [0.3, 0.4) is 0 Å². The first-order chi connectivity index (χ1) is 16.2. The lowest BCUT2D eigenvalue weighted by Gasteiger charge is -2.28. The molecule has 4 rings (SSSR count). The molecule has 1 amide bonds. The summed E-state index contributed by atoms with van der Waals surface area (Å²) in [5, 5.41) is 1.87. The summed E-state index contributed by atoms with van der Waals surface area (Å²) >= 11 is 3.35. The van der Waals surface area contributed by atoms with Crippen LogP contribution in [0.5, 0.6) is 5.75 Å². The molecular weight excluding hydrogens is 446 g/mol. The van der Waals surface area contributed by atoms with Crippen LogP contribution in [-0.4, -0.2) is 30.5 Å². The summed E-state index contributed by atoms with van der Waals surface area (Å²) in [6, 6.07) is 28.7. The lowest BCUT2D eigenvalue weighted by atomic mass is 10.1. The topological polar surface area (TPSA) is 29.5 Å². The highest BCUT2D eigenvalue weighted by Crippen LogP contribution is 2.39. The average Bonchev–Trinajstić information content (AvgIpc) is 3.35. The fraction of sp³-hybridized carbons (Fsp3) is 0.250. The number of likely N-dealkylation sites (tertiary alicyclic amines) is 1. The minimum absolute atomic E-state index is 0.195. The van der Waals surface area contributed by atoms with E-state index in [2.05, 4.69) is 52.8 Å². The molecule has 0 aliphatic carbocycles. The van der Waals surface area contributed by atoms with Crippen molar-refractivity contribution in [3.63, 3.8) is 0 Å². The van der Waals surface area contributed by atoms with Gasteiger partial charge in [0.15, 0.2) is 0 Å². The maximum absolute atomic E-state index is 13.8. The highest BCUT2D eigenvalue weighted by molar-refractivity contribution is 8.02. The lowest BCUT2D eigenvalue weighted by Crippen LogP contribution is -2.37. The number of benzene rings is 3. The molecule has 0 saturated carbocycles. The van der Waals surface area contributed by atoms with Crippen molar-refractivity contribution in [2.24, 2.45) is 0 Å². The van der Waals surface area contributed by atoms with Gasteiger partial charge < -0.3 is 9.64 Å². The number of thioether (sulfide) groups is 2. The van der Waals surface area contributed by atoms with Gasteiger partial charge >= 0.3 is 0 Å². The van der Waals surface area contributed by atoms with E-state index in [0.29, 0.717) is 0 Å². The second-order valence-corrected chi connectivity index (χ2v) is 10.1. The first-order valence-corrected chi connectivity index (χ1v) is 13.0. The van der Waals surface area contributed by atoms with Gasteiger partial charge in [-0.1, -0.05) is 66.4 Å². The normalized spacial score (nSPS) is 16.8. The summed E-state index contributed by atoms with van der Waals surface area (Å²) < 4.78 is 5.32. The zero-order chi connectivity index (χ0) is 22.9. The molecule has 1 fully saturated rings. The SMILES string of the molecule is COc1ccc(C(Sc2ccccc2)C(=O)N2CCC[C@H]2C/C=C\Sc2ccccc2)cc1. The molecule has 5 heteroatoms. The molecule has 1 aliphatic rings. The molecule has 1 aliphatic heterocycles. The largest absolute Gasteiger partial charge is 0.497 e. The Morgan fingerprint density at radius 2 is 1.67 bits per heavy atom. The Morgan fingerprint density at radius 3 is 2.33 bits per heavy atom. The molecule has 33 heavy (non-hydrogen) atoms. The number of carbonyl (C=O) groups is 1. The predicted octanol–water partition coefficient (Wildman–Crippen LogP) is 7.22. The van der Waals surface area contributed by atoms with Gasteiger partial charge in [-0.3, -0.25) is 4.79 Å². The predicted molar refractivity (Wildman–Crippen MR) is 139 cm³/mol. The quantitative estimate of drug-likeness (QED) is 0.306. The molecule has 0 radical (unpaired) electrons. The molecule has 3 nitrogen and oxygen atoms in total. The second kappa shape index (κ2) is 12.0. The Labute approximate surface area is 205 Å². The van der Waals surface area contributed by atoms with Crippen LogP contribution in [0.2, 0.25) is 0 Å². The molecule has 3 aromatic carbocycles. The number of nitrogens with zero attached hydrogens (tertiary/aromatic N) is 1. The molecular formula is C28H29NO2S2. The summed E-state index contributed by atoms with van der Waals surface area (Å²) in [5.41, 5.74) is 1.01. The van der Waals surface area contributed by atoms with Gasteiger partial charge in [-0.2, -0.15) is 0 Å². The highest BCUT2D eigenvalue weighted by atomic mass is 32.2. The number of carbonyl (C=O) groups excluding carboxylic acids is 1. The van der Waals surface area contributed by atoms with Gasteiger partial charge in [0.2, 0.25) is 5.91 Å². The van der Waals surface area contributed by atoms with E-state index in [9.17, 15) is 4.79 Å². The Balaban J connectivity index is 1.47. The third-order valence-electron chi connectivity index (χ3n) is 5.75. The standard InChI is InChI=1S/C28H29NO2S2/c1-31-24-18-16-22(17-19-24)27(33-26-14-6-3-7-15-26)28(30)29-20-8-10-23(29)11-9-21-32-25-12-4-2-5-13-25/h2-7,9,12-19,21,23,27H,8,10-11,20H2,1H3/b21-9-/t23-,27?/m0/s1. The fourth-order valence-electron chi connectivity index (χ4n) is 4.03. The molecule has 3 aromatic rings. The van der Waals surface area contributed by atoms with Crippen LogP contribution in [-0.2, 0) is 4.79 Å². The number of ether oxygens (including phenoxy) is 1. The zero-order valence-corrected chi connectivity index (χ0v) is 20.4. The first-order valence-electron chi connectivity index (χ1n) is 11.3. The minimum atomic E-state index is -0.276. The summed E-state index contributed by atoms with van der Waals surface area (Å²) in [5.74, 6) is 0.996. The van der Waals surface area contributed by atoms with Crippen molar-refractivity contribution in [3.05, 3.63) is 102 Å². The van der Waals surface area contributed by atoms with E-state index in [1.54, 1.807) is 30.6 Å². The van der Waals surface area contributed by atoms with Gasteiger partial charge in [0.05, 0.1) is 7.11 Å². The van der Waals surface area contributed by atoms with Crippen molar-refractivity contribution >= 4 is 29.4 Å². The van der Waals surface area contributed by atoms with E-state index >= 15 is 0 Å². The van der Waals surface area contributed by atoms with E-state index in [1.165, 1.54) is 4.90 Å². The molecule has 1 saturated heterocycles. The van der Waals surface area contributed by atoms with Crippen molar-refractivity contribution in [2.75, 3.05) is 13.7 Å². The van der Waals surface area contributed by atoms with E-state index in [1.807, 2.05) is 48.5 Å². The maximum Gasteiger partial charge on any atom is 0.240 e. The van der Waals surface area contributed by atoms with Crippen LogP contribution in [0.25, 0.3) is 0 Å². The summed E-state index contributed by atoms with van der Waals surface area (Å²) in [6.45, 7) is 0.825. The maximum atomic E-state index is 13.8. The minimum Gasteiger partial charge on any atom is -0.497 e. The number of amides is 1. The lowest BCUT2D eigenvalue weighted by molar-refractivity contribution is -0.131. The zero-order valence-electron chi connectivity index (χ0n) is 18.8. The van der Waals surface area contributed by atoms with Gasteiger partial charge in [-0.25, -0.2) is 0 Å². The molecule has 2 atom stereocenters. The molecule has 0 N–H and O–H groups in total. The van der Waals surface area contributed by atoms with Crippen LogP contribution in [0, 0.1) is 0 Å². The van der Waals surface area contributed by atoms with E-state index in [0.717, 1.165) is 42.0 Å². The van der Waals surface area contributed by atoms with Gasteiger partial charge in [0, 0.05) is 22.4 Å². The van der Waals surface area contributed by atoms with Crippen molar-refractivity contribution in [2.45, 2.75) is 40.3 Å². The van der Waals surface area contributed by atoms with E-state index < -0.39 is 0 Å². The van der Waals surface area contributed by atoms with Crippen LogP contribution in [0.1, 0.15) is 30.1 Å². The molecule has 0 spiro atoms. The number of hydrogen-bond donors (Lipinski definition) is 0. The second-order valence-electron chi connectivity index (χ2n) is 7.95. The van der Waals surface area contributed by atoms with Crippen molar-refractivity contribution < 1.29 is 9.53 Å². The Bertz CT molecular complexity index is 1040. The van der Waals surface area contributed by atoms with E-state index in [4.69, 9.17) is 4.74 Å². The fourth-order valence-corrected chi connectivity index (χ4v) is 5.83. The van der Waals surface area contributed by atoms with Crippen LogP contribution < -0.4 is 4.74 Å². The first kappa shape index (κ1) is 23.5. The van der Waals surface area contributed by atoms with Crippen molar-refractivity contribution in [1.29, 1.82) is 0 Å². The molecule has 0 aromatic heterocycles. The van der Waals surface area contributed by atoms with Crippen LogP contribution in [0.15, 0.2) is 106 Å². The summed E-state index contributed by atoms with van der Waals surface area (Å²) in [4.78, 5) is 18.2. The smallest absolute Gasteiger partial charge is 0.240 e. The average molecular weight is 476 g/mol. The summed E-state index contributed by atoms with van der Waals surface area (Å²) in [6.07, 6.45) is 5.20. The van der Waals surface area contributed by atoms with Gasteiger partial charge in [0.25, 0.3) is 0 Å². The Morgan fingerprint density at radius 1 is 1.00 bits per heavy atom. The van der Waals surface area contributed by atoms with Crippen molar-refractivity contribution in [3.8, 4) is 5.75 Å². The van der Waals surface area contributed by atoms with E-state index in [-0.39, 0.29) is 17.2 Å². The Hall–Kier alpha value is -2.63. The van der Waals surface area contributed by atoms with Gasteiger partial charge in [-0.05, 0) is 66.6 Å². The number of methoxy groups -OCH3 is 1. The molecule has 1 heterocycles. The highest BCUT2D eigenvalue weighted by Gasteiger charge is 2.34. The van der Waals surface area contributed by atoms with Gasteiger partial charge in [-0.15, -0.1) is 11.8 Å². The third-order valence-corrected chi connectivity index (χ3v) is 7.88. The van der Waals surface area contributed by atoms with Crippen molar-refractivity contribution in [1.82, 2.24) is 4.90 Å². The van der Waals surface area contributed by atoms with Crippen LogP contribution in [0.4, 0.5) is 0 Å². The van der Waals surface area contributed by atoms with Gasteiger partial charge in [0.1, 0.15) is 11.0 Å². The molecule has 1 unspecified atom stereocenters. The number of hydrogen-bond acceptors (Lipinski definition) is 4. The van der Waals surface area contributed by atoms with Crippen LogP contribution >= 0.6 is 23.5 Å². The Kier molecular flexibility index (Phi) is 8.56. The number of rotatable bonds is 9. The summed E-state index contributed by atoms with van der Waals surface area (Å²) in [7, 11) is 1.66. The third kappa shape index (κ3) is 6.46. The monoisotopic (exact) mass is 475 g/mol. The molecule has 0 bridgehead atoms. The molecule has 170 valence electrons.